The van der Waals surface area contributed by atoms with E-state index in [0.717, 1.165) is 23.3 Å². The van der Waals surface area contributed by atoms with E-state index in [1.54, 1.807) is 30.3 Å². The van der Waals surface area contributed by atoms with Crippen LogP contribution in [0.15, 0.2) is 71.5 Å². The van der Waals surface area contributed by atoms with Crippen molar-refractivity contribution < 1.29 is 37.0 Å². The Balaban J connectivity index is 1.56. The maximum atomic E-state index is 12.8. The fourth-order valence-corrected chi connectivity index (χ4v) is 3.73. The van der Waals surface area contributed by atoms with Gasteiger partial charge in [-0.15, -0.1) is 0 Å². The zero-order valence-corrected chi connectivity index (χ0v) is 17.2. The van der Waals surface area contributed by atoms with Gasteiger partial charge in [-0.05, 0) is 54.0 Å². The Kier molecular flexibility index (Phi) is 5.54. The van der Waals surface area contributed by atoms with Crippen molar-refractivity contribution in [2.75, 3.05) is 7.11 Å². The average molecular weight is 444 g/mol. The van der Waals surface area contributed by atoms with Crippen molar-refractivity contribution in [2.45, 2.75) is 31.7 Å². The predicted molar refractivity (Wildman–Crippen MR) is 107 cm³/mol. The number of halogens is 3. The fraction of sp³-hybridized carbons (Fsp3) is 0.250. The quantitative estimate of drug-likeness (QED) is 0.589. The molecule has 2 atom stereocenters. The standard InChI is InChI=1S/C24H19F3O5/c1-13-11-18-20(31-21(13)15-3-5-16(6-4-15)22(28)30-2)12-19(32-23(18)29)14-7-9-17(10-8-14)24(25,26)27/h3-11,19,21H,12H2,1-2H3. The molecule has 0 radical (unpaired) electrons. The van der Waals surface area contributed by atoms with Crippen LogP contribution in [-0.2, 0) is 25.2 Å². The summed E-state index contributed by atoms with van der Waals surface area (Å²) in [5.41, 5.74) is 1.94. The number of alkyl halides is 3. The van der Waals surface area contributed by atoms with E-state index >= 15 is 0 Å². The van der Waals surface area contributed by atoms with E-state index < -0.39 is 35.9 Å². The number of hydrogen-bond acceptors (Lipinski definition) is 5. The molecule has 0 spiro atoms. The average Bonchev–Trinajstić information content (AvgIpc) is 2.78. The second-order valence-electron chi connectivity index (χ2n) is 7.55. The number of rotatable bonds is 3. The number of esters is 2. The number of cyclic esters (lactones) is 1. The summed E-state index contributed by atoms with van der Waals surface area (Å²) >= 11 is 0. The van der Waals surface area contributed by atoms with Gasteiger partial charge in [0.05, 0.1) is 23.8 Å². The van der Waals surface area contributed by atoms with E-state index in [4.69, 9.17) is 14.2 Å². The van der Waals surface area contributed by atoms with Gasteiger partial charge in [0.15, 0.2) is 0 Å². The first-order chi connectivity index (χ1) is 15.2. The minimum Gasteiger partial charge on any atom is -0.485 e. The number of carbonyl (C=O) groups excluding carboxylic acids is 2. The monoisotopic (exact) mass is 444 g/mol. The summed E-state index contributed by atoms with van der Waals surface area (Å²) in [6.45, 7) is 1.82. The largest absolute Gasteiger partial charge is 0.485 e. The molecule has 5 nitrogen and oxygen atoms in total. The van der Waals surface area contributed by atoms with Crippen LogP contribution in [0.4, 0.5) is 13.2 Å². The molecule has 0 fully saturated rings. The Morgan fingerprint density at radius 2 is 1.62 bits per heavy atom. The van der Waals surface area contributed by atoms with E-state index in [2.05, 4.69) is 0 Å². The molecule has 0 aromatic heterocycles. The number of hydrogen-bond donors (Lipinski definition) is 0. The number of carbonyl (C=O) groups is 2. The van der Waals surface area contributed by atoms with Crippen LogP contribution >= 0.6 is 0 Å². The second-order valence-corrected chi connectivity index (χ2v) is 7.55. The Labute approximate surface area is 182 Å². The molecule has 2 heterocycles. The third-order valence-electron chi connectivity index (χ3n) is 5.43. The fourth-order valence-electron chi connectivity index (χ4n) is 3.73. The Morgan fingerprint density at radius 1 is 1.00 bits per heavy atom. The lowest BCUT2D eigenvalue weighted by molar-refractivity contribution is -0.147. The molecule has 2 aromatic rings. The van der Waals surface area contributed by atoms with Gasteiger partial charge >= 0.3 is 18.1 Å². The Bertz CT molecular complexity index is 1110. The number of benzene rings is 2. The Morgan fingerprint density at radius 3 is 2.22 bits per heavy atom. The van der Waals surface area contributed by atoms with Crippen molar-refractivity contribution in [2.24, 2.45) is 0 Å². The van der Waals surface area contributed by atoms with Crippen LogP contribution in [-0.4, -0.2) is 19.0 Å². The third kappa shape index (κ3) is 4.12. The topological polar surface area (TPSA) is 61.8 Å². The summed E-state index contributed by atoms with van der Waals surface area (Å²) in [5, 5.41) is 0. The first-order valence-electron chi connectivity index (χ1n) is 9.82. The normalized spacial score (nSPS) is 20.7. The number of methoxy groups -OCH3 is 1. The summed E-state index contributed by atoms with van der Waals surface area (Å²) in [6.07, 6.45) is -3.77. The first-order valence-corrected chi connectivity index (χ1v) is 9.82. The van der Waals surface area contributed by atoms with Crippen LogP contribution < -0.4 is 0 Å². The maximum absolute atomic E-state index is 12.8. The zero-order valence-electron chi connectivity index (χ0n) is 17.2. The highest BCUT2D eigenvalue weighted by Gasteiger charge is 2.36. The molecule has 0 amide bonds. The molecule has 166 valence electrons. The van der Waals surface area contributed by atoms with Gasteiger partial charge < -0.3 is 14.2 Å². The van der Waals surface area contributed by atoms with Crippen LogP contribution in [0.3, 0.4) is 0 Å². The second kappa shape index (κ2) is 8.18. The van der Waals surface area contributed by atoms with Crippen LogP contribution in [0.25, 0.3) is 0 Å². The molecule has 2 aromatic carbocycles. The van der Waals surface area contributed by atoms with Crippen LogP contribution in [0, 0.1) is 0 Å². The molecule has 4 rings (SSSR count). The summed E-state index contributed by atoms with van der Waals surface area (Å²) in [7, 11) is 1.30. The highest BCUT2D eigenvalue weighted by Crippen LogP contribution is 2.42. The van der Waals surface area contributed by atoms with Crippen molar-refractivity contribution in [3.05, 3.63) is 93.8 Å². The van der Waals surface area contributed by atoms with Crippen molar-refractivity contribution >= 4 is 11.9 Å². The van der Waals surface area contributed by atoms with Crippen molar-refractivity contribution in [1.29, 1.82) is 0 Å². The molecule has 8 heteroatoms. The van der Waals surface area contributed by atoms with Gasteiger partial charge in [0.2, 0.25) is 0 Å². The van der Waals surface area contributed by atoms with Crippen LogP contribution in [0.5, 0.6) is 0 Å². The lowest BCUT2D eigenvalue weighted by Gasteiger charge is -2.33. The van der Waals surface area contributed by atoms with E-state index in [-0.39, 0.29) is 6.42 Å². The van der Waals surface area contributed by atoms with Crippen molar-refractivity contribution in [3.8, 4) is 0 Å². The Hall–Kier alpha value is -3.55. The molecule has 0 aliphatic carbocycles. The van der Waals surface area contributed by atoms with Crippen LogP contribution in [0.2, 0.25) is 0 Å². The van der Waals surface area contributed by atoms with Gasteiger partial charge in [0.25, 0.3) is 0 Å². The summed E-state index contributed by atoms with van der Waals surface area (Å²) < 4.78 is 54.8. The minimum absolute atomic E-state index is 0.201. The first kappa shape index (κ1) is 21.7. The molecule has 0 saturated heterocycles. The molecule has 0 N–H and O–H groups in total. The number of ether oxygens (including phenoxy) is 3. The molecule has 2 aliphatic heterocycles. The lowest BCUT2D eigenvalue weighted by atomic mass is 9.93. The van der Waals surface area contributed by atoms with Gasteiger partial charge in [-0.3, -0.25) is 0 Å². The molecule has 0 saturated carbocycles. The highest BCUT2D eigenvalue weighted by atomic mass is 19.4. The van der Waals surface area contributed by atoms with Gasteiger partial charge in [0, 0.05) is 6.42 Å². The molecule has 2 aliphatic rings. The summed E-state index contributed by atoms with van der Waals surface area (Å²) in [4.78, 5) is 24.2. The van der Waals surface area contributed by atoms with E-state index in [1.165, 1.54) is 19.2 Å². The minimum atomic E-state index is -4.44. The molecular formula is C24H19F3O5. The van der Waals surface area contributed by atoms with Gasteiger partial charge in [-0.1, -0.05) is 24.3 Å². The lowest BCUT2D eigenvalue weighted by Crippen LogP contribution is -2.25. The van der Waals surface area contributed by atoms with Crippen LogP contribution in [0.1, 0.15) is 52.6 Å². The summed E-state index contributed by atoms with van der Waals surface area (Å²) in [6, 6.07) is 11.3. The van der Waals surface area contributed by atoms with Gasteiger partial charge in [-0.25, -0.2) is 9.59 Å². The van der Waals surface area contributed by atoms with E-state index in [9.17, 15) is 22.8 Å². The smallest absolute Gasteiger partial charge is 0.416 e. The zero-order chi connectivity index (χ0) is 23.0. The molecule has 0 bridgehead atoms. The molecule has 2 unspecified atom stereocenters. The van der Waals surface area contributed by atoms with Crippen molar-refractivity contribution in [1.82, 2.24) is 0 Å². The van der Waals surface area contributed by atoms with Gasteiger partial charge in [0.1, 0.15) is 18.0 Å². The summed E-state index contributed by atoms with van der Waals surface area (Å²) in [5.74, 6) is -0.624. The van der Waals surface area contributed by atoms with Crippen molar-refractivity contribution in [3.63, 3.8) is 0 Å². The maximum Gasteiger partial charge on any atom is 0.416 e. The van der Waals surface area contributed by atoms with Gasteiger partial charge in [-0.2, -0.15) is 13.2 Å². The SMILES string of the molecule is COC(=O)c1ccc(C2OC3=C(C=C2C)C(=O)OC(c2ccc(C(F)(F)F)cc2)C3)cc1. The molecule has 32 heavy (non-hydrogen) atoms. The highest BCUT2D eigenvalue weighted by molar-refractivity contribution is 5.93. The van der Waals surface area contributed by atoms with E-state index in [1.807, 2.05) is 6.92 Å². The third-order valence-corrected chi connectivity index (χ3v) is 5.43. The molecular weight excluding hydrogens is 425 g/mol. The van der Waals surface area contributed by atoms with E-state index in [0.29, 0.717) is 22.5 Å². The predicted octanol–water partition coefficient (Wildman–Crippen LogP) is 5.45.